The van der Waals surface area contributed by atoms with E-state index in [1.54, 1.807) is 23.5 Å². The summed E-state index contributed by atoms with van der Waals surface area (Å²) >= 11 is 8.04. The summed E-state index contributed by atoms with van der Waals surface area (Å²) in [7, 11) is 1.35. The van der Waals surface area contributed by atoms with E-state index >= 15 is 0 Å². The number of thiophene rings is 1. The Balaban J connectivity index is 2.04. The fourth-order valence-electron chi connectivity index (χ4n) is 2.88. The molecule has 1 aromatic heterocycles. The number of halogens is 1. The second-order valence-corrected chi connectivity index (χ2v) is 6.69. The van der Waals surface area contributed by atoms with Gasteiger partial charge in [-0.2, -0.15) is 0 Å². The molecular weight excluding hydrogens is 320 g/mol. The van der Waals surface area contributed by atoms with Crippen molar-refractivity contribution in [2.45, 2.75) is 18.6 Å². The van der Waals surface area contributed by atoms with Gasteiger partial charge in [-0.25, -0.2) is 4.79 Å². The van der Waals surface area contributed by atoms with Crippen LogP contribution in [-0.4, -0.2) is 24.5 Å². The van der Waals surface area contributed by atoms with Crippen molar-refractivity contribution in [2.75, 3.05) is 13.7 Å². The molecule has 6 heteroatoms. The number of methoxy groups -OCH3 is 1. The van der Waals surface area contributed by atoms with Crippen LogP contribution in [0.3, 0.4) is 0 Å². The maximum Gasteiger partial charge on any atom is 0.346 e. The van der Waals surface area contributed by atoms with Crippen LogP contribution in [0.15, 0.2) is 35.7 Å². The van der Waals surface area contributed by atoms with Crippen LogP contribution >= 0.6 is 22.9 Å². The minimum atomic E-state index is -1.38. The molecule has 0 aliphatic carbocycles. The van der Waals surface area contributed by atoms with Gasteiger partial charge in [0.15, 0.2) is 5.66 Å². The number of hydrogen-bond acceptors (Lipinski definition) is 5. The maximum absolute atomic E-state index is 12.5. The Bertz CT molecular complexity index is 703. The van der Waals surface area contributed by atoms with Gasteiger partial charge in [0.25, 0.3) is 0 Å². The molecule has 0 unspecified atom stereocenters. The van der Waals surface area contributed by atoms with Gasteiger partial charge in [0.05, 0.1) is 7.11 Å². The molecule has 0 amide bonds. The van der Waals surface area contributed by atoms with Crippen LogP contribution < -0.4 is 5.73 Å². The second kappa shape index (κ2) is 6.01. The highest BCUT2D eigenvalue weighted by molar-refractivity contribution is 7.10. The molecule has 0 bridgehead atoms. The Hall–Kier alpha value is -1.40. The third-order valence-corrected chi connectivity index (χ3v) is 5.44. The smallest absolute Gasteiger partial charge is 0.346 e. The van der Waals surface area contributed by atoms with Crippen LogP contribution in [0.5, 0.6) is 0 Å². The number of fused-ring (bicyclic) bond motifs is 1. The largest absolute Gasteiger partial charge is 0.466 e. The zero-order valence-corrected chi connectivity index (χ0v) is 13.8. The summed E-state index contributed by atoms with van der Waals surface area (Å²) in [5, 5.41) is 2.53. The van der Waals surface area contributed by atoms with Crippen LogP contribution in [-0.2, 0) is 28.2 Å². The molecule has 0 saturated carbocycles. The minimum Gasteiger partial charge on any atom is -0.466 e. The highest BCUT2D eigenvalue weighted by atomic mass is 35.5. The van der Waals surface area contributed by atoms with Gasteiger partial charge in [0, 0.05) is 28.6 Å². The fourth-order valence-corrected chi connectivity index (χ4v) is 4.05. The van der Waals surface area contributed by atoms with Gasteiger partial charge in [-0.1, -0.05) is 29.8 Å². The Morgan fingerprint density at radius 1 is 1.41 bits per heavy atom. The third kappa shape index (κ3) is 2.44. The van der Waals surface area contributed by atoms with E-state index in [9.17, 15) is 4.79 Å². The first kappa shape index (κ1) is 15.5. The highest BCUT2D eigenvalue weighted by Gasteiger charge is 2.45. The number of rotatable bonds is 3. The molecule has 4 nitrogen and oxygen atoms in total. The van der Waals surface area contributed by atoms with Gasteiger partial charge in [-0.05, 0) is 29.5 Å². The van der Waals surface area contributed by atoms with Crippen LogP contribution in [0.2, 0.25) is 5.02 Å². The van der Waals surface area contributed by atoms with Crippen LogP contribution in [0.1, 0.15) is 16.0 Å². The molecule has 0 fully saturated rings. The van der Waals surface area contributed by atoms with Gasteiger partial charge >= 0.3 is 5.97 Å². The number of hydrogen-bond donors (Lipinski definition) is 1. The van der Waals surface area contributed by atoms with Crippen LogP contribution in [0, 0.1) is 0 Å². The summed E-state index contributed by atoms with van der Waals surface area (Å²) in [6.07, 6.45) is 0.868. The van der Waals surface area contributed by atoms with E-state index < -0.39 is 11.6 Å². The number of carbonyl (C=O) groups excluding carboxylic acids is 1. The van der Waals surface area contributed by atoms with Crippen molar-refractivity contribution < 1.29 is 9.53 Å². The zero-order valence-electron chi connectivity index (χ0n) is 12.2. The number of benzene rings is 1. The van der Waals surface area contributed by atoms with Crippen molar-refractivity contribution in [2.24, 2.45) is 5.73 Å². The second-order valence-electron chi connectivity index (χ2n) is 5.28. The first-order valence-electron chi connectivity index (χ1n) is 7.00. The summed E-state index contributed by atoms with van der Waals surface area (Å²) in [5.41, 5.74) is 6.94. The predicted molar refractivity (Wildman–Crippen MR) is 87.8 cm³/mol. The Labute approximate surface area is 138 Å². The van der Waals surface area contributed by atoms with E-state index in [4.69, 9.17) is 22.1 Å². The van der Waals surface area contributed by atoms with Crippen molar-refractivity contribution in [1.82, 2.24) is 4.90 Å². The van der Waals surface area contributed by atoms with Crippen molar-refractivity contribution in [1.29, 1.82) is 0 Å². The fraction of sp³-hybridized carbons (Fsp3) is 0.312. The van der Waals surface area contributed by atoms with Gasteiger partial charge in [0.1, 0.15) is 0 Å². The highest BCUT2D eigenvalue weighted by Crippen LogP contribution is 2.35. The van der Waals surface area contributed by atoms with E-state index in [2.05, 4.69) is 11.4 Å². The molecule has 1 aromatic carbocycles. The van der Waals surface area contributed by atoms with E-state index in [0.29, 0.717) is 23.7 Å². The lowest BCUT2D eigenvalue weighted by Crippen LogP contribution is -2.60. The minimum absolute atomic E-state index is 0.464. The van der Waals surface area contributed by atoms with Gasteiger partial charge < -0.3 is 4.74 Å². The summed E-state index contributed by atoms with van der Waals surface area (Å²) < 4.78 is 4.99. The lowest BCUT2D eigenvalue weighted by molar-refractivity contribution is -0.157. The van der Waals surface area contributed by atoms with Crippen molar-refractivity contribution >= 4 is 28.9 Å². The Morgan fingerprint density at radius 2 is 2.18 bits per heavy atom. The van der Waals surface area contributed by atoms with Gasteiger partial charge in [-0.15, -0.1) is 11.3 Å². The monoisotopic (exact) mass is 336 g/mol. The summed E-state index contributed by atoms with van der Waals surface area (Å²) in [5.74, 6) is -0.501. The molecule has 0 spiro atoms. The number of nitrogens with zero attached hydrogens (tertiary/aromatic N) is 1. The normalized spacial score (nSPS) is 17.6. The van der Waals surface area contributed by atoms with Crippen LogP contribution in [0.25, 0.3) is 0 Å². The first-order valence-corrected chi connectivity index (χ1v) is 8.25. The first-order chi connectivity index (χ1) is 10.6. The molecule has 1 atom stereocenters. The third-order valence-electron chi connectivity index (χ3n) is 4.09. The standard InChI is InChI=1S/C16H17ClN2O2S/c1-21-15(20)16(18,12-4-2-3-5-13(12)17)19-8-6-14-11(10-19)7-9-22-14/h2-5,7,9H,6,8,10,18H2,1H3/t16-/m0/s1. The molecular formula is C16H17ClN2O2S. The summed E-state index contributed by atoms with van der Waals surface area (Å²) in [4.78, 5) is 15.8. The lowest BCUT2D eigenvalue weighted by Gasteiger charge is -2.41. The van der Waals surface area contributed by atoms with E-state index in [-0.39, 0.29) is 0 Å². The molecule has 2 heterocycles. The van der Waals surface area contributed by atoms with Gasteiger partial charge in [-0.3, -0.25) is 10.6 Å². The topological polar surface area (TPSA) is 55.6 Å². The van der Waals surface area contributed by atoms with Crippen LogP contribution in [0.4, 0.5) is 0 Å². The van der Waals surface area contributed by atoms with Crippen molar-refractivity contribution in [3.05, 3.63) is 56.7 Å². The summed E-state index contributed by atoms with van der Waals surface area (Å²) in [6, 6.07) is 9.24. The lowest BCUT2D eigenvalue weighted by atomic mass is 9.95. The molecule has 116 valence electrons. The van der Waals surface area contributed by atoms with E-state index in [0.717, 1.165) is 6.42 Å². The molecule has 1 aliphatic heterocycles. The predicted octanol–water partition coefficient (Wildman–Crippen LogP) is 2.74. The quantitative estimate of drug-likeness (QED) is 0.876. The molecule has 1 aliphatic rings. The maximum atomic E-state index is 12.5. The molecule has 0 radical (unpaired) electrons. The number of carbonyl (C=O) groups is 1. The Morgan fingerprint density at radius 3 is 2.91 bits per heavy atom. The average Bonchev–Trinajstić information content (AvgIpc) is 3.01. The molecule has 3 rings (SSSR count). The number of nitrogens with two attached hydrogens (primary N) is 1. The number of esters is 1. The molecule has 0 saturated heterocycles. The summed E-state index contributed by atoms with van der Waals surface area (Å²) in [6.45, 7) is 1.29. The van der Waals surface area contributed by atoms with Gasteiger partial charge in [0.2, 0.25) is 0 Å². The van der Waals surface area contributed by atoms with Crippen molar-refractivity contribution in [3.8, 4) is 0 Å². The average molecular weight is 337 g/mol. The number of ether oxygens (including phenoxy) is 1. The van der Waals surface area contributed by atoms with Crippen molar-refractivity contribution in [3.63, 3.8) is 0 Å². The molecule has 22 heavy (non-hydrogen) atoms. The van der Waals surface area contributed by atoms with E-state index in [1.807, 2.05) is 17.0 Å². The SMILES string of the molecule is COC(=O)[C@](N)(c1ccccc1Cl)N1CCc2sccc2C1. The Kier molecular flexibility index (Phi) is 4.23. The zero-order chi connectivity index (χ0) is 15.7. The van der Waals surface area contributed by atoms with E-state index in [1.165, 1.54) is 17.6 Å². The molecule has 2 N–H and O–H groups in total. The molecule has 2 aromatic rings.